The molecule has 3 rings (SSSR count). The first-order valence-corrected chi connectivity index (χ1v) is 8.61. The Morgan fingerprint density at radius 3 is 2.81 bits per heavy atom. The third-order valence-electron chi connectivity index (χ3n) is 3.99. The number of H-pyrrole nitrogens is 1. The van der Waals surface area contributed by atoms with Gasteiger partial charge in [-0.15, -0.1) is 0 Å². The maximum absolute atomic E-state index is 12.0. The Balaban J connectivity index is 1.50. The molecule has 2 aromatic heterocycles. The summed E-state index contributed by atoms with van der Waals surface area (Å²) in [5, 5.41) is 21.2. The number of carboxylic acids is 1. The zero-order valence-electron chi connectivity index (χ0n) is 14.2. The van der Waals surface area contributed by atoms with Crippen LogP contribution in [0.3, 0.4) is 0 Å². The van der Waals surface area contributed by atoms with Crippen molar-refractivity contribution in [2.24, 2.45) is 0 Å². The average molecular weight is 387 g/mol. The van der Waals surface area contributed by atoms with Crippen LogP contribution in [0, 0.1) is 4.64 Å². The van der Waals surface area contributed by atoms with Crippen molar-refractivity contribution in [2.75, 3.05) is 5.32 Å². The summed E-state index contributed by atoms with van der Waals surface area (Å²) >= 11 is 5.12. The summed E-state index contributed by atoms with van der Waals surface area (Å²) in [7, 11) is 0. The largest absolute Gasteiger partial charge is 0.507 e. The highest BCUT2D eigenvalue weighted by atomic mass is 32.1. The van der Waals surface area contributed by atoms with Crippen molar-refractivity contribution in [3.63, 3.8) is 0 Å². The van der Waals surface area contributed by atoms with E-state index in [-0.39, 0.29) is 17.2 Å². The smallest absolute Gasteiger partial charge is 0.339 e. The lowest BCUT2D eigenvalue weighted by Gasteiger charge is -2.07. The molecule has 140 valence electrons. The van der Waals surface area contributed by atoms with E-state index in [9.17, 15) is 14.7 Å². The number of aryl methyl sites for hydroxylation is 1. The first kappa shape index (κ1) is 18.5. The third-order valence-corrected chi connectivity index (χ3v) is 4.29. The van der Waals surface area contributed by atoms with E-state index in [1.165, 1.54) is 24.5 Å². The topological polar surface area (TPSA) is 133 Å². The van der Waals surface area contributed by atoms with E-state index in [2.05, 4.69) is 20.3 Å². The second kappa shape index (κ2) is 7.96. The number of nitrogens with zero attached hydrogens (tertiary/aromatic N) is 3. The van der Waals surface area contributed by atoms with Crippen molar-refractivity contribution < 1.29 is 19.8 Å². The number of anilines is 1. The molecule has 0 fully saturated rings. The van der Waals surface area contributed by atoms with Gasteiger partial charge in [-0.1, -0.05) is 12.2 Å². The molecular weight excluding hydrogens is 370 g/mol. The highest BCUT2D eigenvalue weighted by molar-refractivity contribution is 7.71. The van der Waals surface area contributed by atoms with Gasteiger partial charge in [0.05, 0.1) is 12.7 Å². The van der Waals surface area contributed by atoms with Gasteiger partial charge in [-0.25, -0.2) is 14.8 Å². The molecule has 0 unspecified atom stereocenters. The van der Waals surface area contributed by atoms with Crippen molar-refractivity contribution >= 4 is 40.9 Å². The van der Waals surface area contributed by atoms with Gasteiger partial charge in [-0.2, -0.15) is 0 Å². The average Bonchev–Trinajstić information content (AvgIpc) is 3.03. The molecule has 9 nitrogen and oxygen atoms in total. The van der Waals surface area contributed by atoms with Gasteiger partial charge < -0.3 is 25.1 Å². The van der Waals surface area contributed by atoms with Crippen LogP contribution in [0.4, 0.5) is 5.69 Å². The third kappa shape index (κ3) is 4.29. The second-order valence-corrected chi connectivity index (χ2v) is 6.27. The number of aromatic hydroxyl groups is 1. The van der Waals surface area contributed by atoms with Crippen LogP contribution in [0.2, 0.25) is 0 Å². The van der Waals surface area contributed by atoms with Crippen molar-refractivity contribution in [1.29, 1.82) is 0 Å². The molecular formula is C17H17N5O4S. The van der Waals surface area contributed by atoms with E-state index >= 15 is 0 Å². The summed E-state index contributed by atoms with van der Waals surface area (Å²) in [5.74, 6) is -1.83. The predicted octanol–water partition coefficient (Wildman–Crippen LogP) is 2.70. The van der Waals surface area contributed by atoms with Gasteiger partial charge in [0, 0.05) is 24.7 Å². The summed E-state index contributed by atoms with van der Waals surface area (Å²) < 4.78 is 2.37. The number of nitrogens with one attached hydrogen (secondary N) is 2. The molecule has 0 spiro atoms. The van der Waals surface area contributed by atoms with Crippen LogP contribution < -0.4 is 5.32 Å². The number of carboxylic acid groups (broad SMARTS) is 1. The van der Waals surface area contributed by atoms with Crippen LogP contribution in [0.25, 0.3) is 11.2 Å². The Hall–Kier alpha value is -3.27. The molecule has 0 saturated carbocycles. The standard InChI is InChI=1S/C17H17N5O4S/c23-12-7-10(4-5-11(12)17(25)26)21-13(24)3-1-2-6-22-9-20-14-15(22)18-8-19-16(14)27/h4-5,7-9,23H,1-3,6H2,(H,21,24)(H,25,26)(H,18,19,27). The summed E-state index contributed by atoms with van der Waals surface area (Å²) in [6.45, 7) is 0.674. The Morgan fingerprint density at radius 1 is 1.26 bits per heavy atom. The maximum Gasteiger partial charge on any atom is 0.339 e. The predicted molar refractivity (Wildman–Crippen MR) is 100 cm³/mol. The SMILES string of the molecule is O=C(CCCCn1cnc2c(=S)nc[nH]c21)Nc1ccc(C(=O)O)c(O)c1. The maximum atomic E-state index is 12.0. The molecule has 0 saturated heterocycles. The van der Waals surface area contributed by atoms with Gasteiger partial charge in [0.15, 0.2) is 4.64 Å². The molecule has 4 N–H and O–H groups in total. The minimum atomic E-state index is -1.23. The van der Waals surface area contributed by atoms with Crippen molar-refractivity contribution in [3.8, 4) is 5.75 Å². The summed E-state index contributed by atoms with van der Waals surface area (Å²) in [5.41, 5.74) is 1.58. The Kier molecular flexibility index (Phi) is 5.46. The summed E-state index contributed by atoms with van der Waals surface area (Å²) in [6, 6.07) is 3.90. The quantitative estimate of drug-likeness (QED) is 0.362. The molecule has 10 heteroatoms. The number of benzene rings is 1. The molecule has 0 aliphatic rings. The van der Waals surface area contributed by atoms with Gasteiger partial charge in [-0.3, -0.25) is 4.79 Å². The fourth-order valence-corrected chi connectivity index (χ4v) is 2.86. The van der Waals surface area contributed by atoms with Crippen LogP contribution in [0.15, 0.2) is 30.9 Å². The van der Waals surface area contributed by atoms with E-state index in [0.717, 1.165) is 12.1 Å². The Bertz CT molecular complexity index is 1060. The lowest BCUT2D eigenvalue weighted by Crippen LogP contribution is -2.11. The monoisotopic (exact) mass is 387 g/mol. The number of hydrogen-bond donors (Lipinski definition) is 4. The molecule has 0 aliphatic carbocycles. The van der Waals surface area contributed by atoms with Crippen LogP contribution >= 0.6 is 12.2 Å². The number of amides is 1. The first-order chi connectivity index (χ1) is 13.0. The Labute approximate surface area is 158 Å². The van der Waals surface area contributed by atoms with Gasteiger partial charge in [-0.05, 0) is 25.0 Å². The molecule has 0 atom stereocenters. The number of hydrogen-bond acceptors (Lipinski definition) is 6. The number of unbranched alkanes of at least 4 members (excludes halogenated alkanes) is 1. The highest BCUT2D eigenvalue weighted by Gasteiger charge is 2.11. The van der Waals surface area contributed by atoms with Crippen LogP contribution in [-0.2, 0) is 11.3 Å². The van der Waals surface area contributed by atoms with Crippen molar-refractivity contribution in [3.05, 3.63) is 41.1 Å². The highest BCUT2D eigenvalue weighted by Crippen LogP contribution is 2.22. The summed E-state index contributed by atoms with van der Waals surface area (Å²) in [6.07, 6.45) is 4.92. The number of aromatic nitrogens is 4. The van der Waals surface area contributed by atoms with Crippen molar-refractivity contribution in [2.45, 2.75) is 25.8 Å². The van der Waals surface area contributed by atoms with E-state index < -0.39 is 5.97 Å². The van der Waals surface area contributed by atoms with Crippen molar-refractivity contribution in [1.82, 2.24) is 19.5 Å². The fraction of sp³-hybridized carbons (Fsp3) is 0.235. The zero-order valence-corrected chi connectivity index (χ0v) is 15.0. The Morgan fingerprint density at radius 2 is 2.07 bits per heavy atom. The number of imidazole rings is 1. The minimum Gasteiger partial charge on any atom is -0.507 e. The molecule has 1 amide bonds. The molecule has 1 aromatic carbocycles. The number of phenols is 1. The van der Waals surface area contributed by atoms with E-state index in [1.807, 2.05) is 4.57 Å². The molecule has 0 bridgehead atoms. The van der Waals surface area contributed by atoms with Crippen LogP contribution in [-0.4, -0.2) is 41.6 Å². The zero-order chi connectivity index (χ0) is 19.4. The van der Waals surface area contributed by atoms with E-state index in [0.29, 0.717) is 35.2 Å². The van der Waals surface area contributed by atoms with Crippen LogP contribution in [0.5, 0.6) is 5.75 Å². The van der Waals surface area contributed by atoms with Gasteiger partial charge in [0.1, 0.15) is 22.5 Å². The molecule has 2 heterocycles. The molecule has 0 radical (unpaired) electrons. The minimum absolute atomic E-state index is 0.212. The number of aromatic amines is 1. The van der Waals surface area contributed by atoms with E-state index in [4.69, 9.17) is 17.3 Å². The second-order valence-electron chi connectivity index (χ2n) is 5.89. The summed E-state index contributed by atoms with van der Waals surface area (Å²) in [4.78, 5) is 34.1. The first-order valence-electron chi connectivity index (χ1n) is 8.20. The van der Waals surface area contributed by atoms with E-state index in [1.54, 1.807) is 6.33 Å². The van der Waals surface area contributed by atoms with Gasteiger partial charge >= 0.3 is 5.97 Å². The molecule has 27 heavy (non-hydrogen) atoms. The number of rotatable bonds is 7. The number of carbonyl (C=O) groups is 2. The lowest BCUT2D eigenvalue weighted by atomic mass is 10.1. The molecule has 0 aliphatic heterocycles. The van der Waals surface area contributed by atoms with Gasteiger partial charge in [0.25, 0.3) is 0 Å². The lowest BCUT2D eigenvalue weighted by molar-refractivity contribution is -0.116. The van der Waals surface area contributed by atoms with Gasteiger partial charge in [0.2, 0.25) is 5.91 Å². The molecule has 3 aromatic rings. The van der Waals surface area contributed by atoms with Crippen LogP contribution in [0.1, 0.15) is 29.6 Å². The number of fused-ring (bicyclic) bond motifs is 1. The number of aromatic carboxylic acids is 1. The number of carbonyl (C=O) groups excluding carboxylic acids is 1. The fourth-order valence-electron chi connectivity index (χ4n) is 2.65. The normalized spacial score (nSPS) is 10.8.